The molecule has 3 rings (SSSR count). The molecule has 0 atom stereocenters. The molecule has 122 valence electrons. The molecular formula is C15H12ClN5O3. The molecule has 0 aliphatic heterocycles. The predicted octanol–water partition coefficient (Wildman–Crippen LogP) is 2.64. The molecule has 0 saturated carbocycles. The minimum atomic E-state index is -0.637. The largest absolute Gasteiger partial charge is 0.455 e. The van der Waals surface area contributed by atoms with E-state index in [9.17, 15) is 4.79 Å². The molecule has 24 heavy (non-hydrogen) atoms. The minimum Gasteiger partial charge on any atom is -0.455 e. The van der Waals surface area contributed by atoms with E-state index in [-0.39, 0.29) is 11.5 Å². The van der Waals surface area contributed by atoms with Crippen LogP contribution in [0.3, 0.4) is 0 Å². The van der Waals surface area contributed by atoms with Gasteiger partial charge in [-0.1, -0.05) is 23.7 Å². The molecule has 1 amide bonds. The first-order valence-electron chi connectivity index (χ1n) is 6.82. The van der Waals surface area contributed by atoms with Crippen molar-refractivity contribution in [3.05, 3.63) is 52.4 Å². The van der Waals surface area contributed by atoms with Crippen LogP contribution >= 0.6 is 11.6 Å². The van der Waals surface area contributed by atoms with Crippen LogP contribution in [0.15, 0.2) is 44.5 Å². The van der Waals surface area contributed by atoms with Crippen LogP contribution in [0.2, 0.25) is 5.02 Å². The van der Waals surface area contributed by atoms with E-state index in [0.29, 0.717) is 16.5 Å². The standard InChI is InChI=1S/C15H12ClN5O3/c1-8-2-3-9(6-11(8)16)12-5-4-10(23-12)7-18-19-15(22)13-14(17)21-24-20-13/h2-7H,1H3,(H2,17,21)(H,19,22). The van der Waals surface area contributed by atoms with Gasteiger partial charge in [0.1, 0.15) is 11.5 Å². The highest BCUT2D eigenvalue weighted by atomic mass is 35.5. The highest BCUT2D eigenvalue weighted by Gasteiger charge is 2.15. The molecule has 0 unspecified atom stereocenters. The van der Waals surface area contributed by atoms with Crippen LogP contribution in [0.1, 0.15) is 21.8 Å². The number of nitrogen functional groups attached to an aromatic ring is 1. The zero-order chi connectivity index (χ0) is 17.1. The summed E-state index contributed by atoms with van der Waals surface area (Å²) in [7, 11) is 0. The summed E-state index contributed by atoms with van der Waals surface area (Å²) in [6.07, 6.45) is 1.35. The Balaban J connectivity index is 1.68. The number of anilines is 1. The summed E-state index contributed by atoms with van der Waals surface area (Å²) in [5.74, 6) is 0.337. The topological polar surface area (TPSA) is 120 Å². The third-order valence-electron chi connectivity index (χ3n) is 3.17. The van der Waals surface area contributed by atoms with Crippen LogP contribution in [-0.4, -0.2) is 22.4 Å². The molecule has 1 aromatic carbocycles. The number of rotatable bonds is 4. The minimum absolute atomic E-state index is 0.112. The van der Waals surface area contributed by atoms with Crippen molar-refractivity contribution < 1.29 is 13.8 Å². The number of nitrogens with one attached hydrogen (secondary N) is 1. The third-order valence-corrected chi connectivity index (χ3v) is 3.58. The predicted molar refractivity (Wildman–Crippen MR) is 87.7 cm³/mol. The van der Waals surface area contributed by atoms with Crippen molar-refractivity contribution in [1.29, 1.82) is 0 Å². The van der Waals surface area contributed by atoms with Crippen molar-refractivity contribution in [2.24, 2.45) is 5.10 Å². The van der Waals surface area contributed by atoms with Crippen molar-refractivity contribution in [2.75, 3.05) is 5.73 Å². The molecule has 0 aliphatic carbocycles. The fraction of sp³-hybridized carbons (Fsp3) is 0.0667. The van der Waals surface area contributed by atoms with Gasteiger partial charge in [-0.2, -0.15) is 5.10 Å². The fourth-order valence-electron chi connectivity index (χ4n) is 1.88. The Labute approximate surface area is 141 Å². The Morgan fingerprint density at radius 3 is 2.88 bits per heavy atom. The molecule has 8 nitrogen and oxygen atoms in total. The number of benzene rings is 1. The number of amides is 1. The first-order valence-corrected chi connectivity index (χ1v) is 7.20. The third kappa shape index (κ3) is 3.28. The lowest BCUT2D eigenvalue weighted by Crippen LogP contribution is -2.19. The number of hydrogen-bond donors (Lipinski definition) is 2. The molecule has 0 fully saturated rings. The van der Waals surface area contributed by atoms with Crippen LogP contribution in [0.5, 0.6) is 0 Å². The van der Waals surface area contributed by atoms with Gasteiger partial charge in [0.15, 0.2) is 0 Å². The summed E-state index contributed by atoms with van der Waals surface area (Å²) >= 11 is 6.11. The van der Waals surface area contributed by atoms with Gasteiger partial charge in [0, 0.05) is 10.6 Å². The maximum absolute atomic E-state index is 11.7. The number of carbonyl (C=O) groups is 1. The van der Waals surface area contributed by atoms with Gasteiger partial charge in [0.25, 0.3) is 5.91 Å². The van der Waals surface area contributed by atoms with E-state index in [0.717, 1.165) is 11.1 Å². The average molecular weight is 346 g/mol. The lowest BCUT2D eigenvalue weighted by Gasteiger charge is -2.00. The Hall–Kier alpha value is -3.13. The summed E-state index contributed by atoms with van der Waals surface area (Å²) in [5.41, 5.74) is 9.34. The Kier molecular flexibility index (Phi) is 4.30. The van der Waals surface area contributed by atoms with Crippen molar-refractivity contribution in [3.8, 4) is 11.3 Å². The molecule has 0 aliphatic rings. The monoisotopic (exact) mass is 345 g/mol. The number of aryl methyl sites for hydroxylation is 1. The SMILES string of the molecule is Cc1ccc(-c2ccc(C=NNC(=O)c3nonc3N)o2)cc1Cl. The van der Waals surface area contributed by atoms with Gasteiger partial charge < -0.3 is 10.2 Å². The van der Waals surface area contributed by atoms with Crippen LogP contribution in [0, 0.1) is 6.92 Å². The zero-order valence-corrected chi connectivity index (χ0v) is 13.2. The first kappa shape index (κ1) is 15.8. The summed E-state index contributed by atoms with van der Waals surface area (Å²) in [5, 5.41) is 11.1. The first-order chi connectivity index (χ1) is 11.5. The molecule has 3 aromatic rings. The summed E-state index contributed by atoms with van der Waals surface area (Å²) in [4.78, 5) is 11.7. The van der Waals surface area contributed by atoms with E-state index in [1.54, 1.807) is 12.1 Å². The van der Waals surface area contributed by atoms with E-state index < -0.39 is 5.91 Å². The van der Waals surface area contributed by atoms with Crippen molar-refractivity contribution in [2.45, 2.75) is 6.92 Å². The van der Waals surface area contributed by atoms with E-state index >= 15 is 0 Å². The number of nitrogens with zero attached hydrogens (tertiary/aromatic N) is 3. The molecule has 9 heteroatoms. The zero-order valence-electron chi connectivity index (χ0n) is 12.5. The fourth-order valence-corrected chi connectivity index (χ4v) is 2.06. The molecule has 0 saturated heterocycles. The quantitative estimate of drug-likeness (QED) is 0.554. The van der Waals surface area contributed by atoms with E-state index in [1.165, 1.54) is 6.21 Å². The lowest BCUT2D eigenvalue weighted by molar-refractivity contribution is 0.0946. The maximum atomic E-state index is 11.7. The number of furan rings is 1. The van der Waals surface area contributed by atoms with Gasteiger partial charge in [-0.3, -0.25) is 4.79 Å². The molecule has 2 heterocycles. The number of aromatic nitrogens is 2. The summed E-state index contributed by atoms with van der Waals surface area (Å²) in [6, 6.07) is 9.13. The highest BCUT2D eigenvalue weighted by molar-refractivity contribution is 6.31. The number of nitrogens with two attached hydrogens (primary N) is 1. The van der Waals surface area contributed by atoms with Gasteiger partial charge >= 0.3 is 0 Å². The highest BCUT2D eigenvalue weighted by Crippen LogP contribution is 2.26. The number of carbonyl (C=O) groups excluding carboxylic acids is 1. The van der Waals surface area contributed by atoms with Crippen molar-refractivity contribution in [1.82, 2.24) is 15.7 Å². The second kappa shape index (κ2) is 6.55. The van der Waals surface area contributed by atoms with Gasteiger partial charge in [-0.15, -0.1) is 0 Å². The molecule has 0 radical (unpaired) electrons. The maximum Gasteiger partial charge on any atom is 0.297 e. The molecule has 3 N–H and O–H groups in total. The number of hydrogen-bond acceptors (Lipinski definition) is 7. The van der Waals surface area contributed by atoms with E-state index in [2.05, 4.69) is 25.5 Å². The smallest absolute Gasteiger partial charge is 0.297 e. The Morgan fingerprint density at radius 1 is 1.33 bits per heavy atom. The number of hydrazone groups is 1. The van der Waals surface area contributed by atoms with Gasteiger partial charge in [0.2, 0.25) is 11.5 Å². The van der Waals surface area contributed by atoms with Crippen molar-refractivity contribution in [3.63, 3.8) is 0 Å². The second-order valence-corrected chi connectivity index (χ2v) is 5.27. The molecule has 0 bridgehead atoms. The van der Waals surface area contributed by atoms with Crippen LogP contribution in [-0.2, 0) is 0 Å². The Morgan fingerprint density at radius 2 is 2.17 bits per heavy atom. The van der Waals surface area contributed by atoms with E-state index in [4.69, 9.17) is 21.8 Å². The molecular weight excluding hydrogens is 334 g/mol. The van der Waals surface area contributed by atoms with Crippen LogP contribution in [0.4, 0.5) is 5.82 Å². The lowest BCUT2D eigenvalue weighted by atomic mass is 10.1. The number of halogens is 1. The van der Waals surface area contributed by atoms with E-state index in [1.807, 2.05) is 25.1 Å². The van der Waals surface area contributed by atoms with Crippen LogP contribution in [0.25, 0.3) is 11.3 Å². The van der Waals surface area contributed by atoms with Crippen molar-refractivity contribution >= 4 is 29.5 Å². The second-order valence-electron chi connectivity index (χ2n) is 4.86. The summed E-state index contributed by atoms with van der Waals surface area (Å²) < 4.78 is 9.96. The Bertz CT molecular complexity index is 915. The van der Waals surface area contributed by atoms with Crippen LogP contribution < -0.4 is 11.2 Å². The van der Waals surface area contributed by atoms with Gasteiger partial charge in [0.05, 0.1) is 6.21 Å². The average Bonchev–Trinajstić information content (AvgIpc) is 3.19. The molecule has 2 aromatic heterocycles. The summed E-state index contributed by atoms with van der Waals surface area (Å²) in [6.45, 7) is 1.92. The normalized spacial score (nSPS) is 11.1. The van der Waals surface area contributed by atoms with Gasteiger partial charge in [-0.25, -0.2) is 10.1 Å². The van der Waals surface area contributed by atoms with Gasteiger partial charge in [-0.05, 0) is 41.0 Å². The molecule has 0 spiro atoms.